The van der Waals surface area contributed by atoms with Crippen LogP contribution in [0.3, 0.4) is 0 Å². The molecule has 94 valence electrons. The highest BCUT2D eigenvalue weighted by Gasteiger charge is 2.21. The smallest absolute Gasteiger partial charge is 0.0406 e. The molecular formula is C15H22ClN. The molecule has 2 rings (SSSR count). The molecule has 0 radical (unpaired) electrons. The van der Waals surface area contributed by atoms with Crippen LogP contribution in [0.2, 0.25) is 5.02 Å². The third-order valence-electron chi connectivity index (χ3n) is 3.91. The number of benzene rings is 1. The summed E-state index contributed by atoms with van der Waals surface area (Å²) >= 11 is 5.88. The lowest BCUT2D eigenvalue weighted by atomic mass is 9.78. The van der Waals surface area contributed by atoms with Crippen LogP contribution in [0.1, 0.15) is 50.6 Å². The molecule has 2 atom stereocenters. The Labute approximate surface area is 109 Å². The average molecular weight is 252 g/mol. The van der Waals surface area contributed by atoms with Crippen molar-refractivity contribution < 1.29 is 0 Å². The quantitative estimate of drug-likeness (QED) is 0.816. The Morgan fingerprint density at radius 2 is 1.94 bits per heavy atom. The molecule has 0 aromatic heterocycles. The third kappa shape index (κ3) is 3.72. The second kappa shape index (κ2) is 5.88. The molecule has 2 N–H and O–H groups in total. The Morgan fingerprint density at radius 3 is 2.47 bits per heavy atom. The minimum Gasteiger partial charge on any atom is -0.324 e. The minimum absolute atomic E-state index is 0.155. The van der Waals surface area contributed by atoms with Crippen molar-refractivity contribution in [2.24, 2.45) is 17.6 Å². The van der Waals surface area contributed by atoms with Gasteiger partial charge >= 0.3 is 0 Å². The van der Waals surface area contributed by atoms with Crippen LogP contribution in [0.4, 0.5) is 0 Å². The zero-order valence-corrected chi connectivity index (χ0v) is 11.3. The van der Waals surface area contributed by atoms with E-state index in [0.29, 0.717) is 0 Å². The maximum absolute atomic E-state index is 6.24. The van der Waals surface area contributed by atoms with Crippen LogP contribution in [0, 0.1) is 11.8 Å². The maximum atomic E-state index is 6.24. The first-order valence-corrected chi connectivity index (χ1v) is 7.04. The zero-order chi connectivity index (χ0) is 12.3. The lowest BCUT2D eigenvalue weighted by Gasteiger charge is -2.29. The van der Waals surface area contributed by atoms with Crippen molar-refractivity contribution in [1.82, 2.24) is 0 Å². The highest BCUT2D eigenvalue weighted by atomic mass is 35.5. The first kappa shape index (κ1) is 12.9. The molecule has 0 heterocycles. The second-order valence-corrected chi connectivity index (χ2v) is 5.97. The highest BCUT2D eigenvalue weighted by molar-refractivity contribution is 6.30. The predicted molar refractivity (Wildman–Crippen MR) is 74.1 cm³/mol. The summed E-state index contributed by atoms with van der Waals surface area (Å²) in [5, 5.41) is 0.781. The fourth-order valence-electron chi connectivity index (χ4n) is 2.67. The molecule has 17 heavy (non-hydrogen) atoms. The summed E-state index contributed by atoms with van der Waals surface area (Å²) in [6, 6.07) is 8.09. The van der Waals surface area contributed by atoms with Gasteiger partial charge in [0.1, 0.15) is 0 Å². The van der Waals surface area contributed by atoms with Gasteiger partial charge in [0.15, 0.2) is 0 Å². The van der Waals surface area contributed by atoms with E-state index in [1.165, 1.54) is 31.2 Å². The Hall–Kier alpha value is -0.530. The molecule has 1 nitrogen and oxygen atoms in total. The van der Waals surface area contributed by atoms with Crippen molar-refractivity contribution in [1.29, 1.82) is 0 Å². The molecule has 2 unspecified atom stereocenters. The molecule has 0 saturated heterocycles. The molecule has 2 heteroatoms. The molecule has 0 amide bonds. The maximum Gasteiger partial charge on any atom is 0.0406 e. The Balaban J connectivity index is 1.82. The van der Waals surface area contributed by atoms with Crippen LogP contribution in [0.5, 0.6) is 0 Å². The van der Waals surface area contributed by atoms with E-state index in [1.54, 1.807) is 0 Å². The average Bonchev–Trinajstić information content (AvgIpc) is 2.24. The van der Waals surface area contributed by atoms with Crippen LogP contribution >= 0.6 is 11.6 Å². The third-order valence-corrected chi connectivity index (χ3v) is 4.17. The van der Waals surface area contributed by atoms with E-state index in [2.05, 4.69) is 6.92 Å². The summed E-state index contributed by atoms with van der Waals surface area (Å²) < 4.78 is 0. The van der Waals surface area contributed by atoms with E-state index in [-0.39, 0.29) is 6.04 Å². The van der Waals surface area contributed by atoms with Gasteiger partial charge in [-0.1, -0.05) is 49.9 Å². The molecule has 0 bridgehead atoms. The molecule has 1 fully saturated rings. The van der Waals surface area contributed by atoms with E-state index < -0.39 is 0 Å². The summed E-state index contributed by atoms with van der Waals surface area (Å²) in [6.07, 6.45) is 6.72. The molecule has 1 saturated carbocycles. The van der Waals surface area contributed by atoms with Gasteiger partial charge in [-0.2, -0.15) is 0 Å². The van der Waals surface area contributed by atoms with Gasteiger partial charge in [-0.15, -0.1) is 0 Å². The van der Waals surface area contributed by atoms with Crippen molar-refractivity contribution in [2.75, 3.05) is 0 Å². The predicted octanol–water partition coefficient (Wildman–Crippen LogP) is 4.56. The first-order valence-electron chi connectivity index (χ1n) is 6.66. The van der Waals surface area contributed by atoms with Gasteiger partial charge in [0.2, 0.25) is 0 Å². The van der Waals surface area contributed by atoms with Crippen LogP contribution in [-0.2, 0) is 0 Å². The van der Waals surface area contributed by atoms with E-state index in [1.807, 2.05) is 24.3 Å². The van der Waals surface area contributed by atoms with Gasteiger partial charge in [-0.05, 0) is 42.4 Å². The van der Waals surface area contributed by atoms with Gasteiger partial charge in [-0.25, -0.2) is 0 Å². The lowest BCUT2D eigenvalue weighted by Crippen LogP contribution is -2.19. The summed E-state index contributed by atoms with van der Waals surface area (Å²) in [4.78, 5) is 0. The van der Waals surface area contributed by atoms with Crippen LogP contribution in [0.15, 0.2) is 24.3 Å². The van der Waals surface area contributed by atoms with E-state index in [4.69, 9.17) is 17.3 Å². The fourth-order valence-corrected chi connectivity index (χ4v) is 2.80. The van der Waals surface area contributed by atoms with Gasteiger partial charge in [-0.3, -0.25) is 0 Å². The van der Waals surface area contributed by atoms with Crippen molar-refractivity contribution >= 4 is 11.6 Å². The lowest BCUT2D eigenvalue weighted by molar-refractivity contribution is 0.245. The van der Waals surface area contributed by atoms with E-state index in [0.717, 1.165) is 23.3 Å². The minimum atomic E-state index is 0.155. The van der Waals surface area contributed by atoms with Crippen LogP contribution < -0.4 is 5.73 Å². The molecule has 1 aliphatic rings. The molecule has 0 spiro atoms. The molecule has 1 aliphatic carbocycles. The Kier molecular flexibility index (Phi) is 4.47. The molecule has 1 aromatic rings. The van der Waals surface area contributed by atoms with Crippen molar-refractivity contribution in [2.45, 2.75) is 45.1 Å². The van der Waals surface area contributed by atoms with Crippen LogP contribution in [0.25, 0.3) is 0 Å². The second-order valence-electron chi connectivity index (χ2n) is 5.53. The summed E-state index contributed by atoms with van der Waals surface area (Å²) in [6.45, 7) is 2.33. The Morgan fingerprint density at radius 1 is 1.29 bits per heavy atom. The van der Waals surface area contributed by atoms with Gasteiger partial charge in [0, 0.05) is 11.1 Å². The van der Waals surface area contributed by atoms with E-state index in [9.17, 15) is 0 Å². The standard InChI is InChI=1S/C15H22ClN/c1-11(9-12-3-2-4-12)10-15(17)13-5-7-14(16)8-6-13/h5-8,11-12,15H,2-4,9-10,17H2,1H3. The number of halogens is 1. The first-order chi connectivity index (χ1) is 8.15. The Bertz CT molecular complexity index is 342. The van der Waals surface area contributed by atoms with E-state index >= 15 is 0 Å². The number of rotatable bonds is 5. The van der Waals surface area contributed by atoms with Crippen molar-refractivity contribution in [3.8, 4) is 0 Å². The van der Waals surface area contributed by atoms with Crippen molar-refractivity contribution in [3.05, 3.63) is 34.9 Å². The topological polar surface area (TPSA) is 26.0 Å². The van der Waals surface area contributed by atoms with Crippen molar-refractivity contribution in [3.63, 3.8) is 0 Å². The summed E-state index contributed by atoms with van der Waals surface area (Å²) in [5.41, 5.74) is 7.44. The monoisotopic (exact) mass is 251 g/mol. The van der Waals surface area contributed by atoms with Gasteiger partial charge in [0.25, 0.3) is 0 Å². The largest absolute Gasteiger partial charge is 0.324 e. The van der Waals surface area contributed by atoms with Gasteiger partial charge in [0.05, 0.1) is 0 Å². The van der Waals surface area contributed by atoms with Gasteiger partial charge < -0.3 is 5.73 Å². The summed E-state index contributed by atoms with van der Waals surface area (Å²) in [5.74, 6) is 1.70. The highest BCUT2D eigenvalue weighted by Crippen LogP contribution is 2.34. The number of hydrogen-bond donors (Lipinski definition) is 1. The molecule has 0 aliphatic heterocycles. The fraction of sp³-hybridized carbons (Fsp3) is 0.600. The number of hydrogen-bond acceptors (Lipinski definition) is 1. The summed E-state index contributed by atoms with van der Waals surface area (Å²) in [7, 11) is 0. The number of nitrogens with two attached hydrogens (primary N) is 1. The SMILES string of the molecule is CC(CC1CCC1)CC(N)c1ccc(Cl)cc1. The zero-order valence-electron chi connectivity index (χ0n) is 10.5. The molecular weight excluding hydrogens is 230 g/mol. The normalized spacial score (nSPS) is 19.7. The molecule has 1 aromatic carbocycles. The van der Waals surface area contributed by atoms with Crippen LogP contribution in [-0.4, -0.2) is 0 Å².